The second kappa shape index (κ2) is 7.45. The number of ether oxygens (including phenoxy) is 1. The molecule has 2 aromatic rings. The van der Waals surface area contributed by atoms with Crippen molar-refractivity contribution in [1.82, 2.24) is 19.9 Å². The lowest BCUT2D eigenvalue weighted by atomic mass is 10.3. The van der Waals surface area contributed by atoms with E-state index in [2.05, 4.69) is 40.7 Å². The largest absolute Gasteiger partial charge is 0.378 e. The lowest BCUT2D eigenvalue weighted by Crippen LogP contribution is -2.37. The fourth-order valence-corrected chi connectivity index (χ4v) is 2.05. The Morgan fingerprint density at radius 3 is 2.61 bits per heavy atom. The van der Waals surface area contributed by atoms with Crippen LogP contribution in [-0.4, -0.2) is 59.5 Å². The molecule has 1 aliphatic rings. The quantitative estimate of drug-likeness (QED) is 0.611. The first-order valence-corrected chi connectivity index (χ1v) is 7.31. The first-order valence-electron chi connectivity index (χ1n) is 7.31. The summed E-state index contributed by atoms with van der Waals surface area (Å²) in [4.78, 5) is 19.1. The number of rotatable bonds is 5. The summed E-state index contributed by atoms with van der Waals surface area (Å²) in [5.74, 6) is 1.48. The van der Waals surface area contributed by atoms with Crippen molar-refractivity contribution >= 4 is 24.1 Å². The van der Waals surface area contributed by atoms with E-state index in [0.29, 0.717) is 31.1 Å². The van der Waals surface area contributed by atoms with Gasteiger partial charge < -0.3 is 15.0 Å². The molecule has 2 aromatic heterocycles. The van der Waals surface area contributed by atoms with Gasteiger partial charge in [0, 0.05) is 32.5 Å². The average molecular weight is 314 g/mol. The van der Waals surface area contributed by atoms with Gasteiger partial charge >= 0.3 is 0 Å². The fraction of sp³-hybridized carbons (Fsp3) is 0.357. The third-order valence-corrected chi connectivity index (χ3v) is 3.23. The Labute approximate surface area is 133 Å². The van der Waals surface area contributed by atoms with Crippen LogP contribution in [0.2, 0.25) is 0 Å². The van der Waals surface area contributed by atoms with Crippen LogP contribution in [-0.2, 0) is 4.74 Å². The van der Waals surface area contributed by atoms with Crippen LogP contribution in [0.3, 0.4) is 0 Å². The first kappa shape index (κ1) is 15.1. The van der Waals surface area contributed by atoms with Gasteiger partial charge in [-0.25, -0.2) is 5.43 Å². The molecule has 0 spiro atoms. The second-order valence-corrected chi connectivity index (χ2v) is 4.78. The van der Waals surface area contributed by atoms with E-state index in [1.54, 1.807) is 25.7 Å². The molecule has 3 rings (SSSR count). The Morgan fingerprint density at radius 2 is 1.87 bits per heavy atom. The maximum atomic E-state index is 5.35. The normalized spacial score (nSPS) is 14.9. The van der Waals surface area contributed by atoms with Gasteiger partial charge in [-0.1, -0.05) is 0 Å². The van der Waals surface area contributed by atoms with E-state index in [4.69, 9.17) is 4.74 Å². The van der Waals surface area contributed by atoms with Crippen molar-refractivity contribution in [2.24, 2.45) is 5.10 Å². The maximum absolute atomic E-state index is 5.35. The van der Waals surface area contributed by atoms with E-state index in [1.165, 1.54) is 0 Å². The Hall–Kier alpha value is -2.81. The fourth-order valence-electron chi connectivity index (χ4n) is 2.05. The summed E-state index contributed by atoms with van der Waals surface area (Å²) in [5.41, 5.74) is 3.77. The Morgan fingerprint density at radius 1 is 1.13 bits per heavy atom. The topological polar surface area (TPSA) is 100 Å². The number of anilines is 3. The summed E-state index contributed by atoms with van der Waals surface area (Å²) < 4.78 is 5.35. The Bertz CT molecular complexity index is 657. The lowest BCUT2D eigenvalue weighted by Gasteiger charge is -2.26. The van der Waals surface area contributed by atoms with Gasteiger partial charge in [0.1, 0.15) is 0 Å². The SMILES string of the molecule is CNc1nc(N/N=C/c2ccncc2)nc(N2CCOCC2)n1. The smallest absolute Gasteiger partial charge is 0.250 e. The third-order valence-electron chi connectivity index (χ3n) is 3.23. The lowest BCUT2D eigenvalue weighted by molar-refractivity contribution is 0.122. The Balaban J connectivity index is 1.74. The molecule has 2 N–H and O–H groups in total. The summed E-state index contributed by atoms with van der Waals surface area (Å²) >= 11 is 0. The van der Waals surface area contributed by atoms with E-state index in [9.17, 15) is 0 Å². The van der Waals surface area contributed by atoms with Crippen molar-refractivity contribution < 1.29 is 4.74 Å². The Kier molecular flexibility index (Phi) is 4.89. The zero-order valence-electron chi connectivity index (χ0n) is 12.8. The zero-order chi connectivity index (χ0) is 15.9. The van der Waals surface area contributed by atoms with Gasteiger partial charge in [0.2, 0.25) is 17.8 Å². The van der Waals surface area contributed by atoms with E-state index < -0.39 is 0 Å². The number of hydrogen-bond acceptors (Lipinski definition) is 9. The minimum absolute atomic E-state index is 0.385. The summed E-state index contributed by atoms with van der Waals surface area (Å²) in [6, 6.07) is 3.72. The van der Waals surface area contributed by atoms with E-state index in [0.717, 1.165) is 18.7 Å². The second-order valence-electron chi connectivity index (χ2n) is 4.78. The van der Waals surface area contributed by atoms with Gasteiger partial charge in [0.05, 0.1) is 19.4 Å². The molecule has 9 heteroatoms. The van der Waals surface area contributed by atoms with Crippen LogP contribution >= 0.6 is 0 Å². The molecule has 120 valence electrons. The highest BCUT2D eigenvalue weighted by molar-refractivity contribution is 5.79. The molecule has 9 nitrogen and oxygen atoms in total. The van der Waals surface area contributed by atoms with Crippen molar-refractivity contribution in [3.8, 4) is 0 Å². The summed E-state index contributed by atoms with van der Waals surface area (Å²) in [6.45, 7) is 2.85. The van der Waals surface area contributed by atoms with Crippen LogP contribution in [0.1, 0.15) is 5.56 Å². The maximum Gasteiger partial charge on any atom is 0.250 e. The molecule has 23 heavy (non-hydrogen) atoms. The number of morpholine rings is 1. The van der Waals surface area contributed by atoms with Crippen LogP contribution in [0, 0.1) is 0 Å². The number of pyridine rings is 1. The predicted octanol–water partition coefficient (Wildman–Crippen LogP) is 0.591. The van der Waals surface area contributed by atoms with Crippen LogP contribution in [0.5, 0.6) is 0 Å². The molecule has 1 saturated heterocycles. The molecule has 0 unspecified atom stereocenters. The molecule has 3 heterocycles. The molecule has 0 radical (unpaired) electrons. The number of hydrazone groups is 1. The monoisotopic (exact) mass is 314 g/mol. The highest BCUT2D eigenvalue weighted by Gasteiger charge is 2.16. The van der Waals surface area contributed by atoms with Crippen molar-refractivity contribution in [2.45, 2.75) is 0 Å². The standard InChI is InChI=1S/C14H18N8O/c1-15-12-18-13(21-17-10-11-2-4-16-5-3-11)20-14(19-12)22-6-8-23-9-7-22/h2-5,10H,6-9H2,1H3,(H2,15,18,19,20,21)/b17-10+. The van der Waals surface area contributed by atoms with E-state index in [-0.39, 0.29) is 0 Å². The van der Waals surface area contributed by atoms with Crippen molar-refractivity contribution in [1.29, 1.82) is 0 Å². The highest BCUT2D eigenvalue weighted by atomic mass is 16.5. The molecule has 1 aliphatic heterocycles. The molecule has 0 aromatic carbocycles. The van der Waals surface area contributed by atoms with Crippen molar-refractivity contribution in [2.75, 3.05) is 49.0 Å². The summed E-state index contributed by atoms with van der Waals surface area (Å²) in [7, 11) is 1.77. The van der Waals surface area contributed by atoms with Crippen LogP contribution in [0.25, 0.3) is 0 Å². The van der Waals surface area contributed by atoms with Gasteiger partial charge in [-0.2, -0.15) is 20.1 Å². The highest BCUT2D eigenvalue weighted by Crippen LogP contribution is 2.14. The van der Waals surface area contributed by atoms with Crippen LogP contribution in [0.15, 0.2) is 29.6 Å². The third kappa shape index (κ3) is 4.10. The summed E-state index contributed by atoms with van der Waals surface area (Å²) in [5, 5.41) is 7.08. The number of aromatic nitrogens is 4. The first-order chi connectivity index (χ1) is 11.3. The molecule has 1 fully saturated rings. The average Bonchev–Trinajstić information content (AvgIpc) is 2.63. The number of nitrogens with zero attached hydrogens (tertiary/aromatic N) is 6. The van der Waals surface area contributed by atoms with Gasteiger partial charge in [-0.3, -0.25) is 4.98 Å². The minimum atomic E-state index is 0.385. The molecular formula is C14H18N8O. The molecular weight excluding hydrogens is 296 g/mol. The molecule has 0 bridgehead atoms. The molecule has 0 amide bonds. The zero-order valence-corrected chi connectivity index (χ0v) is 12.8. The minimum Gasteiger partial charge on any atom is -0.378 e. The molecule has 0 aliphatic carbocycles. The predicted molar refractivity (Wildman–Crippen MR) is 87.9 cm³/mol. The van der Waals surface area contributed by atoms with Gasteiger partial charge in [0.25, 0.3) is 0 Å². The van der Waals surface area contributed by atoms with E-state index in [1.807, 2.05) is 12.1 Å². The van der Waals surface area contributed by atoms with Crippen molar-refractivity contribution in [3.05, 3.63) is 30.1 Å². The van der Waals surface area contributed by atoms with E-state index >= 15 is 0 Å². The van der Waals surface area contributed by atoms with Crippen LogP contribution in [0.4, 0.5) is 17.8 Å². The van der Waals surface area contributed by atoms with Gasteiger partial charge in [-0.15, -0.1) is 0 Å². The van der Waals surface area contributed by atoms with Crippen molar-refractivity contribution in [3.63, 3.8) is 0 Å². The van der Waals surface area contributed by atoms with Gasteiger partial charge in [0.15, 0.2) is 0 Å². The summed E-state index contributed by atoms with van der Waals surface area (Å²) in [6.07, 6.45) is 5.10. The van der Waals surface area contributed by atoms with Crippen LogP contribution < -0.4 is 15.6 Å². The van der Waals surface area contributed by atoms with Gasteiger partial charge in [-0.05, 0) is 17.7 Å². The molecule has 0 atom stereocenters. The number of hydrogen-bond donors (Lipinski definition) is 2. The number of nitrogens with one attached hydrogen (secondary N) is 2. The molecule has 0 saturated carbocycles.